The Kier molecular flexibility index (Phi) is 5.10. The number of benzene rings is 2. The van der Waals surface area contributed by atoms with Gasteiger partial charge in [0.1, 0.15) is 13.1 Å². The standard InChI is InChI=1S/C21H21N3O4S/c1-15-12-23(19-5-3-2-4-18(15)19)13-20(25)22-10-11-24(21(26)14-22)16-6-8-17(9-7-16)29(27)28/h2-9,12,29H,10-11,13-14H2,1H3. The van der Waals surface area contributed by atoms with Crippen molar-refractivity contribution in [3.05, 3.63) is 60.3 Å². The highest BCUT2D eigenvalue weighted by Gasteiger charge is 2.28. The molecule has 2 heterocycles. The average molecular weight is 411 g/mol. The zero-order valence-electron chi connectivity index (χ0n) is 15.9. The maximum absolute atomic E-state index is 12.8. The molecule has 1 saturated heterocycles. The molecule has 0 atom stereocenters. The summed E-state index contributed by atoms with van der Waals surface area (Å²) in [6.07, 6.45) is 1.96. The van der Waals surface area contributed by atoms with Crippen LogP contribution >= 0.6 is 0 Å². The first-order valence-electron chi connectivity index (χ1n) is 9.31. The van der Waals surface area contributed by atoms with Crippen molar-refractivity contribution < 1.29 is 18.0 Å². The van der Waals surface area contributed by atoms with Crippen molar-refractivity contribution >= 4 is 39.1 Å². The van der Waals surface area contributed by atoms with Gasteiger partial charge in [-0.2, -0.15) is 0 Å². The van der Waals surface area contributed by atoms with Gasteiger partial charge in [-0.05, 0) is 42.8 Å². The number of carbonyl (C=O) groups excluding carboxylic acids is 2. The van der Waals surface area contributed by atoms with Crippen LogP contribution in [0.4, 0.5) is 5.69 Å². The molecule has 0 unspecified atom stereocenters. The van der Waals surface area contributed by atoms with Crippen molar-refractivity contribution in [3.63, 3.8) is 0 Å². The third-order valence-electron chi connectivity index (χ3n) is 5.24. The Bertz CT molecular complexity index is 1160. The van der Waals surface area contributed by atoms with Crippen LogP contribution in [0.25, 0.3) is 10.9 Å². The van der Waals surface area contributed by atoms with Crippen molar-refractivity contribution in [3.8, 4) is 0 Å². The zero-order chi connectivity index (χ0) is 20.5. The van der Waals surface area contributed by atoms with Gasteiger partial charge in [-0.3, -0.25) is 9.59 Å². The van der Waals surface area contributed by atoms with E-state index in [1.807, 2.05) is 42.0 Å². The van der Waals surface area contributed by atoms with E-state index < -0.39 is 10.7 Å². The Balaban J connectivity index is 1.45. The largest absolute Gasteiger partial charge is 0.338 e. The minimum Gasteiger partial charge on any atom is -0.338 e. The van der Waals surface area contributed by atoms with E-state index in [9.17, 15) is 18.0 Å². The lowest BCUT2D eigenvalue weighted by atomic mass is 10.2. The van der Waals surface area contributed by atoms with Gasteiger partial charge in [0.2, 0.25) is 11.8 Å². The molecule has 2 amide bonds. The molecule has 0 N–H and O–H groups in total. The fraction of sp³-hybridized carbons (Fsp3) is 0.238. The van der Waals surface area contributed by atoms with Gasteiger partial charge in [0.05, 0.1) is 4.90 Å². The minimum atomic E-state index is -2.65. The molecule has 1 aliphatic heterocycles. The summed E-state index contributed by atoms with van der Waals surface area (Å²) in [5, 5.41) is 1.12. The number of thiol groups is 1. The highest BCUT2D eigenvalue weighted by atomic mass is 32.2. The normalized spacial score (nSPS) is 14.8. The summed E-state index contributed by atoms with van der Waals surface area (Å²) >= 11 is 0. The van der Waals surface area contributed by atoms with Gasteiger partial charge in [0.25, 0.3) is 0 Å². The number of anilines is 1. The zero-order valence-corrected chi connectivity index (χ0v) is 16.8. The third-order valence-corrected chi connectivity index (χ3v) is 5.96. The number of hydrogen-bond donors (Lipinski definition) is 1. The van der Waals surface area contributed by atoms with Crippen LogP contribution in [0.2, 0.25) is 0 Å². The number of aromatic nitrogens is 1. The van der Waals surface area contributed by atoms with Crippen LogP contribution in [-0.4, -0.2) is 49.3 Å². The molecule has 0 bridgehead atoms. The second-order valence-corrected chi connectivity index (χ2v) is 8.12. The average Bonchev–Trinajstić information content (AvgIpc) is 3.03. The lowest BCUT2D eigenvalue weighted by Gasteiger charge is -2.34. The van der Waals surface area contributed by atoms with Gasteiger partial charge < -0.3 is 14.4 Å². The van der Waals surface area contributed by atoms with Crippen molar-refractivity contribution in [2.24, 2.45) is 0 Å². The molecule has 0 spiro atoms. The molecule has 1 aromatic heterocycles. The Morgan fingerprint density at radius 2 is 1.76 bits per heavy atom. The first-order valence-corrected chi connectivity index (χ1v) is 10.5. The Labute approximate surface area is 170 Å². The first-order chi connectivity index (χ1) is 13.9. The van der Waals surface area contributed by atoms with Crippen LogP contribution in [0.5, 0.6) is 0 Å². The molecule has 150 valence electrons. The maximum Gasteiger partial charge on any atom is 0.246 e. The molecule has 29 heavy (non-hydrogen) atoms. The molecule has 1 fully saturated rings. The molecule has 2 aromatic carbocycles. The molecule has 0 saturated carbocycles. The number of nitrogens with zero attached hydrogens (tertiary/aromatic N) is 3. The van der Waals surface area contributed by atoms with Gasteiger partial charge in [-0.25, -0.2) is 8.42 Å². The number of carbonyl (C=O) groups is 2. The van der Waals surface area contributed by atoms with E-state index in [4.69, 9.17) is 0 Å². The predicted molar refractivity (Wildman–Crippen MR) is 111 cm³/mol. The monoisotopic (exact) mass is 411 g/mol. The number of fused-ring (bicyclic) bond motifs is 1. The summed E-state index contributed by atoms with van der Waals surface area (Å²) in [6, 6.07) is 14.1. The molecular formula is C21H21N3O4S. The SMILES string of the molecule is Cc1cn(CC(=O)N2CCN(c3ccc([SH](=O)=O)cc3)C(=O)C2)c2ccccc12. The van der Waals surface area contributed by atoms with Crippen LogP contribution < -0.4 is 4.90 Å². The van der Waals surface area contributed by atoms with Crippen molar-refractivity contribution in [1.82, 2.24) is 9.47 Å². The number of rotatable bonds is 4. The molecule has 7 nitrogen and oxygen atoms in total. The summed E-state index contributed by atoms with van der Waals surface area (Å²) < 4.78 is 24.0. The fourth-order valence-electron chi connectivity index (χ4n) is 3.72. The number of amides is 2. The Morgan fingerprint density at radius 3 is 2.45 bits per heavy atom. The van der Waals surface area contributed by atoms with Crippen molar-refractivity contribution in [2.45, 2.75) is 18.4 Å². The Hall–Kier alpha value is -3.13. The van der Waals surface area contributed by atoms with Crippen LogP contribution in [0.15, 0.2) is 59.6 Å². The van der Waals surface area contributed by atoms with E-state index in [0.717, 1.165) is 16.5 Å². The maximum atomic E-state index is 12.8. The van der Waals surface area contributed by atoms with Crippen LogP contribution in [0.3, 0.4) is 0 Å². The number of aryl methyl sites for hydroxylation is 1. The van der Waals surface area contributed by atoms with Gasteiger partial charge in [0.15, 0.2) is 10.7 Å². The minimum absolute atomic E-state index is 0.00852. The van der Waals surface area contributed by atoms with E-state index in [1.54, 1.807) is 21.9 Å². The number of para-hydroxylation sites is 1. The van der Waals surface area contributed by atoms with Crippen molar-refractivity contribution in [1.29, 1.82) is 0 Å². The molecule has 8 heteroatoms. The third kappa shape index (κ3) is 3.75. The molecular weight excluding hydrogens is 390 g/mol. The summed E-state index contributed by atoms with van der Waals surface area (Å²) in [5.41, 5.74) is 2.74. The van der Waals surface area contributed by atoms with Crippen LogP contribution in [0, 0.1) is 6.92 Å². The summed E-state index contributed by atoms with van der Waals surface area (Å²) in [7, 11) is -2.65. The van der Waals surface area contributed by atoms with E-state index in [0.29, 0.717) is 18.8 Å². The molecule has 4 rings (SSSR count). The molecule has 0 radical (unpaired) electrons. The lowest BCUT2D eigenvalue weighted by Crippen LogP contribution is -2.53. The summed E-state index contributed by atoms with van der Waals surface area (Å²) in [6.45, 7) is 3.01. The highest BCUT2D eigenvalue weighted by Crippen LogP contribution is 2.22. The van der Waals surface area contributed by atoms with Crippen LogP contribution in [0.1, 0.15) is 5.56 Å². The molecule has 0 aliphatic carbocycles. The summed E-state index contributed by atoms with van der Waals surface area (Å²) in [4.78, 5) is 28.8. The van der Waals surface area contributed by atoms with Gasteiger partial charge in [-0.15, -0.1) is 0 Å². The van der Waals surface area contributed by atoms with Gasteiger partial charge in [0, 0.05) is 35.9 Å². The predicted octanol–water partition coefficient (Wildman–Crippen LogP) is 1.80. The fourth-order valence-corrected chi connectivity index (χ4v) is 4.11. The molecule has 3 aromatic rings. The highest BCUT2D eigenvalue weighted by molar-refractivity contribution is 7.72. The van der Waals surface area contributed by atoms with Gasteiger partial charge in [-0.1, -0.05) is 18.2 Å². The first kappa shape index (κ1) is 19.2. The van der Waals surface area contributed by atoms with Crippen molar-refractivity contribution in [2.75, 3.05) is 24.5 Å². The lowest BCUT2D eigenvalue weighted by molar-refractivity contribution is -0.137. The molecule has 1 aliphatic rings. The Morgan fingerprint density at radius 1 is 1.03 bits per heavy atom. The quantitative estimate of drug-likeness (QED) is 0.664. The number of piperazine rings is 1. The van der Waals surface area contributed by atoms with E-state index >= 15 is 0 Å². The number of hydrogen-bond acceptors (Lipinski definition) is 4. The van der Waals surface area contributed by atoms with E-state index in [2.05, 4.69) is 0 Å². The second-order valence-electron chi connectivity index (χ2n) is 7.09. The summed E-state index contributed by atoms with van der Waals surface area (Å²) in [5.74, 6) is -0.283. The van der Waals surface area contributed by atoms with Gasteiger partial charge >= 0.3 is 0 Å². The van der Waals surface area contributed by atoms with E-state index in [-0.39, 0.29) is 29.8 Å². The smallest absolute Gasteiger partial charge is 0.246 e. The second kappa shape index (κ2) is 7.71. The van der Waals surface area contributed by atoms with E-state index in [1.165, 1.54) is 12.1 Å². The van der Waals surface area contributed by atoms with Crippen LogP contribution in [-0.2, 0) is 26.8 Å². The topological polar surface area (TPSA) is 79.7 Å².